The van der Waals surface area contributed by atoms with Crippen molar-refractivity contribution >= 4 is 5.91 Å². The first kappa shape index (κ1) is 17.4. The van der Waals surface area contributed by atoms with Crippen LogP contribution in [0, 0.1) is 5.92 Å². The second-order valence-electron chi connectivity index (χ2n) is 7.07. The molecule has 1 aromatic rings. The van der Waals surface area contributed by atoms with Crippen LogP contribution in [0.1, 0.15) is 37.7 Å². The molecule has 0 spiro atoms. The molecular formula is C20H30N2O2. The quantitative estimate of drug-likeness (QED) is 0.771. The molecule has 0 aliphatic carbocycles. The Kier molecular flexibility index (Phi) is 6.27. The average molecular weight is 330 g/mol. The van der Waals surface area contributed by atoms with Gasteiger partial charge in [-0.1, -0.05) is 30.3 Å². The molecule has 132 valence electrons. The van der Waals surface area contributed by atoms with Crippen molar-refractivity contribution in [1.29, 1.82) is 0 Å². The van der Waals surface area contributed by atoms with Crippen molar-refractivity contribution in [3.8, 4) is 0 Å². The molecule has 0 bridgehead atoms. The summed E-state index contributed by atoms with van der Waals surface area (Å²) in [6, 6.07) is 10.3. The first-order valence-corrected chi connectivity index (χ1v) is 9.41. The molecule has 4 nitrogen and oxygen atoms in total. The largest absolute Gasteiger partial charge is 0.381 e. The van der Waals surface area contributed by atoms with Gasteiger partial charge in [0, 0.05) is 32.2 Å². The van der Waals surface area contributed by atoms with Crippen molar-refractivity contribution in [2.75, 3.05) is 45.9 Å². The van der Waals surface area contributed by atoms with Gasteiger partial charge in [-0.3, -0.25) is 4.79 Å². The Morgan fingerprint density at radius 3 is 2.67 bits per heavy atom. The second-order valence-corrected chi connectivity index (χ2v) is 7.07. The van der Waals surface area contributed by atoms with Gasteiger partial charge < -0.3 is 14.5 Å². The zero-order valence-corrected chi connectivity index (χ0v) is 14.8. The minimum Gasteiger partial charge on any atom is -0.381 e. The van der Waals surface area contributed by atoms with Crippen molar-refractivity contribution in [2.45, 2.75) is 32.1 Å². The maximum Gasteiger partial charge on any atom is 0.231 e. The number of amides is 1. The molecule has 24 heavy (non-hydrogen) atoms. The molecule has 0 aromatic heterocycles. The Hall–Kier alpha value is -1.39. The minimum absolute atomic E-state index is 0.0323. The van der Waals surface area contributed by atoms with Crippen molar-refractivity contribution in [3.63, 3.8) is 0 Å². The molecule has 0 radical (unpaired) electrons. The maximum atomic E-state index is 13.2. The first-order chi connectivity index (χ1) is 11.8. The Morgan fingerprint density at radius 2 is 1.96 bits per heavy atom. The van der Waals surface area contributed by atoms with E-state index >= 15 is 0 Å². The van der Waals surface area contributed by atoms with Gasteiger partial charge in [-0.15, -0.1) is 0 Å². The molecule has 0 saturated carbocycles. The van der Waals surface area contributed by atoms with Crippen LogP contribution in [0.2, 0.25) is 0 Å². The van der Waals surface area contributed by atoms with E-state index < -0.39 is 0 Å². The third kappa shape index (κ3) is 4.37. The van der Waals surface area contributed by atoms with Gasteiger partial charge in [0.1, 0.15) is 0 Å². The fourth-order valence-electron chi connectivity index (χ4n) is 3.91. The van der Waals surface area contributed by atoms with Gasteiger partial charge in [0.15, 0.2) is 0 Å². The van der Waals surface area contributed by atoms with Gasteiger partial charge in [-0.2, -0.15) is 0 Å². The summed E-state index contributed by atoms with van der Waals surface area (Å²) in [5.74, 6) is 0.763. The van der Waals surface area contributed by atoms with Crippen LogP contribution in [0.5, 0.6) is 0 Å². The molecule has 2 saturated heterocycles. The van der Waals surface area contributed by atoms with E-state index in [4.69, 9.17) is 4.74 Å². The molecule has 0 N–H and O–H groups in total. The topological polar surface area (TPSA) is 32.8 Å². The van der Waals surface area contributed by atoms with Crippen LogP contribution in [0.4, 0.5) is 0 Å². The van der Waals surface area contributed by atoms with E-state index in [1.807, 2.05) is 25.1 Å². The standard InChI is InChI=1S/C20H30N2O2/c1-2-24-16-17-10-13-22(14-17)20(23)19(15-21-11-6-7-12-21)18-8-4-3-5-9-18/h3-5,8-9,17,19H,2,6-7,10-16H2,1H3/t17-,19+/m0/s1. The Bertz CT molecular complexity index is 514. The van der Waals surface area contributed by atoms with Crippen molar-refractivity contribution in [3.05, 3.63) is 35.9 Å². The number of carbonyl (C=O) groups is 1. The smallest absolute Gasteiger partial charge is 0.231 e. The number of benzene rings is 1. The lowest BCUT2D eigenvalue weighted by atomic mass is 9.97. The molecule has 2 aliphatic rings. The summed E-state index contributed by atoms with van der Waals surface area (Å²) < 4.78 is 5.55. The molecule has 3 rings (SSSR count). The summed E-state index contributed by atoms with van der Waals surface area (Å²) in [4.78, 5) is 17.7. The van der Waals surface area contributed by atoms with Crippen LogP contribution >= 0.6 is 0 Å². The Morgan fingerprint density at radius 1 is 1.21 bits per heavy atom. The van der Waals surface area contributed by atoms with Crippen LogP contribution in [-0.4, -0.2) is 61.6 Å². The number of hydrogen-bond donors (Lipinski definition) is 0. The fourth-order valence-corrected chi connectivity index (χ4v) is 3.91. The van der Waals surface area contributed by atoms with Crippen LogP contribution < -0.4 is 0 Å². The number of ether oxygens (including phenoxy) is 1. The highest BCUT2D eigenvalue weighted by atomic mass is 16.5. The lowest BCUT2D eigenvalue weighted by Crippen LogP contribution is -2.39. The monoisotopic (exact) mass is 330 g/mol. The van der Waals surface area contributed by atoms with E-state index in [1.165, 1.54) is 12.8 Å². The fraction of sp³-hybridized carbons (Fsp3) is 0.650. The summed E-state index contributed by atoms with van der Waals surface area (Å²) in [7, 11) is 0. The molecule has 2 aliphatic heterocycles. The van der Waals surface area contributed by atoms with Crippen molar-refractivity contribution in [1.82, 2.24) is 9.80 Å². The van der Waals surface area contributed by atoms with Gasteiger partial charge >= 0.3 is 0 Å². The third-order valence-corrected chi connectivity index (χ3v) is 5.29. The maximum absolute atomic E-state index is 13.2. The van der Waals surface area contributed by atoms with Crippen LogP contribution in [0.25, 0.3) is 0 Å². The average Bonchev–Trinajstić information content (AvgIpc) is 3.30. The highest BCUT2D eigenvalue weighted by Gasteiger charge is 2.33. The van der Waals surface area contributed by atoms with Gasteiger partial charge in [0.2, 0.25) is 5.91 Å². The van der Waals surface area contributed by atoms with E-state index in [-0.39, 0.29) is 5.92 Å². The van der Waals surface area contributed by atoms with E-state index in [2.05, 4.69) is 21.9 Å². The molecule has 2 atom stereocenters. The van der Waals surface area contributed by atoms with Crippen LogP contribution in [0.15, 0.2) is 30.3 Å². The predicted molar refractivity (Wildman–Crippen MR) is 96.0 cm³/mol. The summed E-state index contributed by atoms with van der Waals surface area (Å²) in [5, 5.41) is 0. The molecule has 2 fully saturated rings. The van der Waals surface area contributed by atoms with E-state index in [0.29, 0.717) is 11.8 Å². The highest BCUT2D eigenvalue weighted by Crippen LogP contribution is 2.26. The number of nitrogens with zero attached hydrogens (tertiary/aromatic N) is 2. The lowest BCUT2D eigenvalue weighted by molar-refractivity contribution is -0.132. The van der Waals surface area contributed by atoms with Crippen LogP contribution in [0.3, 0.4) is 0 Å². The Balaban J connectivity index is 1.67. The third-order valence-electron chi connectivity index (χ3n) is 5.29. The highest BCUT2D eigenvalue weighted by molar-refractivity contribution is 5.84. The predicted octanol–water partition coefficient (Wildman–Crippen LogP) is 2.75. The molecule has 0 unspecified atom stereocenters. The summed E-state index contributed by atoms with van der Waals surface area (Å²) in [6.45, 7) is 8.40. The van der Waals surface area contributed by atoms with Gasteiger partial charge in [0.05, 0.1) is 12.5 Å². The van der Waals surface area contributed by atoms with Gasteiger partial charge in [0.25, 0.3) is 0 Å². The van der Waals surface area contributed by atoms with Gasteiger partial charge in [-0.25, -0.2) is 0 Å². The first-order valence-electron chi connectivity index (χ1n) is 9.41. The summed E-state index contributed by atoms with van der Waals surface area (Å²) >= 11 is 0. The van der Waals surface area contributed by atoms with Crippen molar-refractivity contribution < 1.29 is 9.53 Å². The number of likely N-dealkylation sites (tertiary alicyclic amines) is 2. The number of carbonyl (C=O) groups excluding carboxylic acids is 1. The molecule has 1 amide bonds. The summed E-state index contributed by atoms with van der Waals surface area (Å²) in [6.07, 6.45) is 3.59. The van der Waals surface area contributed by atoms with Crippen LogP contribution in [-0.2, 0) is 9.53 Å². The zero-order chi connectivity index (χ0) is 16.8. The second kappa shape index (κ2) is 8.63. The van der Waals surface area contributed by atoms with Gasteiger partial charge in [-0.05, 0) is 44.8 Å². The van der Waals surface area contributed by atoms with E-state index in [0.717, 1.165) is 57.9 Å². The normalized spacial score (nSPS) is 22.9. The SMILES string of the molecule is CCOC[C@H]1CCN(C(=O)[C@H](CN2CCCC2)c2ccccc2)C1. The number of hydrogen-bond acceptors (Lipinski definition) is 3. The summed E-state index contributed by atoms with van der Waals surface area (Å²) in [5.41, 5.74) is 1.16. The molecule has 1 aromatic carbocycles. The van der Waals surface area contributed by atoms with E-state index in [9.17, 15) is 4.79 Å². The Labute approximate surface area is 145 Å². The zero-order valence-electron chi connectivity index (χ0n) is 14.8. The lowest BCUT2D eigenvalue weighted by Gasteiger charge is -2.27. The number of rotatable bonds is 7. The molecular weight excluding hydrogens is 300 g/mol. The molecule has 2 heterocycles. The molecule has 4 heteroatoms. The minimum atomic E-state index is -0.0323. The van der Waals surface area contributed by atoms with E-state index in [1.54, 1.807) is 0 Å². The van der Waals surface area contributed by atoms with Crippen molar-refractivity contribution in [2.24, 2.45) is 5.92 Å².